The zero-order chi connectivity index (χ0) is 9.97. The summed E-state index contributed by atoms with van der Waals surface area (Å²) < 4.78 is 1.05. The van der Waals surface area contributed by atoms with Crippen LogP contribution in [0, 0.1) is 6.92 Å². The Hall–Kier alpha value is -0.520. The SMILES string of the molecule is Cc1ncsc1C=Cc1ncc(Br)s1. The van der Waals surface area contributed by atoms with E-state index in [9.17, 15) is 0 Å². The first-order valence-electron chi connectivity index (χ1n) is 3.95. The molecule has 0 aliphatic rings. The number of rotatable bonds is 2. The van der Waals surface area contributed by atoms with Crippen molar-refractivity contribution in [2.24, 2.45) is 0 Å². The predicted molar refractivity (Wildman–Crippen MR) is 65.6 cm³/mol. The maximum absolute atomic E-state index is 4.21. The Balaban J connectivity index is 2.19. The normalized spacial score (nSPS) is 11.3. The van der Waals surface area contributed by atoms with Crippen LogP contribution in [0.15, 0.2) is 15.5 Å². The van der Waals surface area contributed by atoms with Gasteiger partial charge in [0.2, 0.25) is 0 Å². The van der Waals surface area contributed by atoms with E-state index in [4.69, 9.17) is 0 Å². The van der Waals surface area contributed by atoms with Gasteiger partial charge in [0.15, 0.2) is 0 Å². The van der Waals surface area contributed by atoms with Crippen molar-refractivity contribution in [1.82, 2.24) is 9.97 Å². The Morgan fingerprint density at radius 1 is 1.36 bits per heavy atom. The molecule has 0 saturated carbocycles. The minimum Gasteiger partial charge on any atom is -0.249 e. The van der Waals surface area contributed by atoms with E-state index in [2.05, 4.69) is 32.0 Å². The molecular formula is C9H7BrN2S2. The summed E-state index contributed by atoms with van der Waals surface area (Å²) >= 11 is 6.64. The molecule has 0 N–H and O–H groups in total. The van der Waals surface area contributed by atoms with Crippen LogP contribution in [0.1, 0.15) is 15.6 Å². The number of halogens is 1. The summed E-state index contributed by atoms with van der Waals surface area (Å²) in [7, 11) is 0. The molecular weight excluding hydrogens is 280 g/mol. The molecule has 0 saturated heterocycles. The fourth-order valence-electron chi connectivity index (χ4n) is 0.962. The summed E-state index contributed by atoms with van der Waals surface area (Å²) in [6.45, 7) is 2.01. The quantitative estimate of drug-likeness (QED) is 0.838. The smallest absolute Gasteiger partial charge is 0.117 e. The van der Waals surface area contributed by atoms with E-state index in [1.165, 1.54) is 4.88 Å². The van der Waals surface area contributed by atoms with Crippen molar-refractivity contribution < 1.29 is 0 Å². The van der Waals surface area contributed by atoms with Gasteiger partial charge >= 0.3 is 0 Å². The van der Waals surface area contributed by atoms with Crippen LogP contribution < -0.4 is 0 Å². The van der Waals surface area contributed by atoms with E-state index >= 15 is 0 Å². The summed E-state index contributed by atoms with van der Waals surface area (Å²) in [6, 6.07) is 0. The Labute approximate surface area is 98.5 Å². The average molecular weight is 287 g/mol. The third-order valence-electron chi connectivity index (χ3n) is 1.66. The third kappa shape index (κ3) is 2.29. The highest BCUT2D eigenvalue weighted by atomic mass is 79.9. The standard InChI is InChI=1S/C9H7BrN2S2/c1-6-7(13-5-12-6)2-3-9-11-4-8(10)14-9/h2-5H,1H3. The Morgan fingerprint density at radius 3 is 2.79 bits per heavy atom. The first-order chi connectivity index (χ1) is 6.75. The second kappa shape index (κ2) is 4.33. The molecule has 0 aromatic carbocycles. The molecule has 0 bridgehead atoms. The van der Waals surface area contributed by atoms with Gasteiger partial charge in [-0.15, -0.1) is 22.7 Å². The number of aryl methyl sites for hydroxylation is 1. The number of thiazole rings is 2. The maximum atomic E-state index is 4.21. The Morgan fingerprint density at radius 2 is 2.21 bits per heavy atom. The van der Waals surface area contributed by atoms with Crippen LogP contribution in [-0.4, -0.2) is 9.97 Å². The summed E-state index contributed by atoms with van der Waals surface area (Å²) in [5.41, 5.74) is 2.93. The van der Waals surface area contributed by atoms with Crippen molar-refractivity contribution >= 4 is 50.8 Å². The lowest BCUT2D eigenvalue weighted by Gasteiger charge is -1.85. The molecule has 0 fully saturated rings. The van der Waals surface area contributed by atoms with E-state index in [0.29, 0.717) is 0 Å². The first kappa shape index (κ1) is 10.0. The lowest BCUT2D eigenvalue weighted by atomic mass is 10.3. The fraction of sp³-hybridized carbons (Fsp3) is 0.111. The molecule has 0 atom stereocenters. The van der Waals surface area contributed by atoms with Gasteiger partial charge in [0.1, 0.15) is 5.01 Å². The van der Waals surface area contributed by atoms with E-state index in [-0.39, 0.29) is 0 Å². The number of hydrogen-bond acceptors (Lipinski definition) is 4. The highest BCUT2D eigenvalue weighted by Gasteiger charge is 1.97. The summed E-state index contributed by atoms with van der Waals surface area (Å²) in [4.78, 5) is 9.58. The van der Waals surface area contributed by atoms with Gasteiger partial charge in [0.25, 0.3) is 0 Å². The zero-order valence-corrected chi connectivity index (χ0v) is 10.6. The number of aromatic nitrogens is 2. The molecule has 14 heavy (non-hydrogen) atoms. The molecule has 2 rings (SSSR count). The first-order valence-corrected chi connectivity index (χ1v) is 6.44. The van der Waals surface area contributed by atoms with E-state index in [1.807, 2.05) is 24.7 Å². The average Bonchev–Trinajstić information content (AvgIpc) is 2.72. The van der Waals surface area contributed by atoms with Crippen molar-refractivity contribution in [1.29, 1.82) is 0 Å². The largest absolute Gasteiger partial charge is 0.249 e. The highest BCUT2D eigenvalue weighted by molar-refractivity contribution is 9.11. The van der Waals surface area contributed by atoms with Crippen molar-refractivity contribution in [2.75, 3.05) is 0 Å². The number of nitrogens with zero attached hydrogens (tertiary/aromatic N) is 2. The Kier molecular flexibility index (Phi) is 3.10. The van der Waals surface area contributed by atoms with Crippen LogP contribution in [0.4, 0.5) is 0 Å². The molecule has 0 aliphatic carbocycles. The molecule has 5 heteroatoms. The third-order valence-corrected chi connectivity index (χ3v) is 3.99. The van der Waals surface area contributed by atoms with Gasteiger partial charge in [0, 0.05) is 4.88 Å². The molecule has 72 valence electrons. The predicted octanol–water partition coefficient (Wildman–Crippen LogP) is 3.84. The van der Waals surface area contributed by atoms with Crippen LogP contribution in [-0.2, 0) is 0 Å². The van der Waals surface area contributed by atoms with Crippen LogP contribution in [0.2, 0.25) is 0 Å². The van der Waals surface area contributed by atoms with Gasteiger partial charge in [-0.1, -0.05) is 0 Å². The molecule has 0 spiro atoms. The van der Waals surface area contributed by atoms with Gasteiger partial charge in [-0.3, -0.25) is 0 Å². The topological polar surface area (TPSA) is 25.8 Å². The summed E-state index contributed by atoms with van der Waals surface area (Å²) in [5.74, 6) is 0. The fourth-order valence-corrected chi connectivity index (χ4v) is 2.80. The maximum Gasteiger partial charge on any atom is 0.117 e. The van der Waals surface area contributed by atoms with Crippen molar-refractivity contribution in [3.63, 3.8) is 0 Å². The highest BCUT2D eigenvalue weighted by Crippen LogP contribution is 2.22. The molecule has 0 amide bonds. The van der Waals surface area contributed by atoms with Crippen molar-refractivity contribution in [2.45, 2.75) is 6.92 Å². The minimum absolute atomic E-state index is 1.00. The summed E-state index contributed by atoms with van der Waals surface area (Å²) in [5, 5.41) is 1.00. The minimum atomic E-state index is 1.00. The van der Waals surface area contributed by atoms with Crippen molar-refractivity contribution in [3.8, 4) is 0 Å². The molecule has 2 aromatic rings. The Bertz CT molecular complexity index is 459. The number of hydrogen-bond donors (Lipinski definition) is 0. The van der Waals surface area contributed by atoms with Gasteiger partial charge in [-0.2, -0.15) is 0 Å². The molecule has 0 unspecified atom stereocenters. The second-order valence-electron chi connectivity index (χ2n) is 2.64. The van der Waals surface area contributed by atoms with E-state index in [1.54, 1.807) is 22.7 Å². The summed E-state index contributed by atoms with van der Waals surface area (Å²) in [6.07, 6.45) is 5.87. The van der Waals surface area contributed by atoms with Crippen LogP contribution in [0.25, 0.3) is 12.2 Å². The molecule has 2 nitrogen and oxygen atoms in total. The molecule has 0 aliphatic heterocycles. The lowest BCUT2D eigenvalue weighted by molar-refractivity contribution is 1.26. The zero-order valence-electron chi connectivity index (χ0n) is 7.40. The monoisotopic (exact) mass is 286 g/mol. The molecule has 2 heterocycles. The van der Waals surface area contributed by atoms with Crippen LogP contribution in [0.3, 0.4) is 0 Å². The molecule has 0 radical (unpaired) electrons. The van der Waals surface area contributed by atoms with Gasteiger partial charge in [-0.05, 0) is 35.0 Å². The van der Waals surface area contributed by atoms with Crippen molar-refractivity contribution in [3.05, 3.63) is 31.1 Å². The van der Waals surface area contributed by atoms with Crippen LogP contribution in [0.5, 0.6) is 0 Å². The van der Waals surface area contributed by atoms with Gasteiger partial charge < -0.3 is 0 Å². The van der Waals surface area contributed by atoms with Gasteiger partial charge in [-0.25, -0.2) is 9.97 Å². The van der Waals surface area contributed by atoms with Gasteiger partial charge in [0.05, 0.1) is 21.2 Å². The molecule has 2 aromatic heterocycles. The van der Waals surface area contributed by atoms with E-state index in [0.717, 1.165) is 14.5 Å². The van der Waals surface area contributed by atoms with Crippen LogP contribution >= 0.6 is 38.6 Å². The second-order valence-corrected chi connectivity index (χ2v) is 5.97. The van der Waals surface area contributed by atoms with E-state index < -0.39 is 0 Å². The lowest BCUT2D eigenvalue weighted by Crippen LogP contribution is -1.71.